The molecule has 0 radical (unpaired) electrons. The van der Waals surface area contributed by atoms with Gasteiger partial charge in [0.05, 0.1) is 22.7 Å². The zero-order chi connectivity index (χ0) is 18.7. The van der Waals surface area contributed by atoms with Crippen LogP contribution in [0.2, 0.25) is 0 Å². The number of ether oxygens (including phenoxy) is 2. The van der Waals surface area contributed by atoms with E-state index in [1.807, 2.05) is 18.4 Å². The number of benzene rings is 1. The number of hydrogen-bond acceptors (Lipinski definition) is 6. The van der Waals surface area contributed by atoms with Crippen LogP contribution in [0.15, 0.2) is 33.8 Å². The quantitative estimate of drug-likeness (QED) is 0.487. The summed E-state index contributed by atoms with van der Waals surface area (Å²) < 4.78 is 11.4. The molecule has 0 N–H and O–H groups in total. The van der Waals surface area contributed by atoms with Gasteiger partial charge < -0.3 is 9.47 Å². The van der Waals surface area contributed by atoms with Gasteiger partial charge in [-0.1, -0.05) is 6.07 Å². The average Bonchev–Trinajstić information content (AvgIpc) is 3.50. The van der Waals surface area contributed by atoms with Gasteiger partial charge in [-0.25, -0.2) is 9.78 Å². The molecule has 134 valence electrons. The van der Waals surface area contributed by atoms with Crippen LogP contribution in [-0.2, 0) is 11.3 Å². The van der Waals surface area contributed by atoms with Crippen LogP contribution >= 0.6 is 27.7 Å². The summed E-state index contributed by atoms with van der Waals surface area (Å²) in [5.74, 6) is 0.588. The highest BCUT2D eigenvalue weighted by Crippen LogP contribution is 2.40. The first-order valence-electron chi connectivity index (χ1n) is 8.06. The van der Waals surface area contributed by atoms with Gasteiger partial charge in [-0.05, 0) is 58.8 Å². The second kappa shape index (κ2) is 8.11. The van der Waals surface area contributed by atoms with Crippen molar-refractivity contribution >= 4 is 33.7 Å². The number of methoxy groups -OCH3 is 1. The summed E-state index contributed by atoms with van der Waals surface area (Å²) in [6.45, 7) is 0.113. The lowest BCUT2D eigenvalue weighted by molar-refractivity contribution is 0.0471. The summed E-state index contributed by atoms with van der Waals surface area (Å²) in [5.41, 5.74) is 2.27. The highest BCUT2D eigenvalue weighted by molar-refractivity contribution is 9.10. The minimum absolute atomic E-state index is 0.113. The fourth-order valence-electron chi connectivity index (χ4n) is 2.57. The minimum atomic E-state index is -0.506. The van der Waals surface area contributed by atoms with E-state index in [-0.39, 0.29) is 12.2 Å². The summed E-state index contributed by atoms with van der Waals surface area (Å²) >= 11 is 4.78. The van der Waals surface area contributed by atoms with Crippen LogP contribution in [0.5, 0.6) is 5.75 Å². The third-order valence-corrected chi connectivity index (χ3v) is 5.41. The molecular formula is C19H17BrN2O3S. The van der Waals surface area contributed by atoms with E-state index in [0.29, 0.717) is 22.3 Å². The van der Waals surface area contributed by atoms with Crippen LogP contribution in [0.3, 0.4) is 0 Å². The SMILES string of the molecule is COc1ccc(COC(=O)c2cc(C3CC3)nc(SC)c2C#N)cc1Br. The number of pyridine rings is 1. The van der Waals surface area contributed by atoms with Crippen molar-refractivity contribution < 1.29 is 14.3 Å². The number of halogens is 1. The largest absolute Gasteiger partial charge is 0.496 e. The molecule has 0 aliphatic heterocycles. The molecule has 5 nitrogen and oxygen atoms in total. The summed E-state index contributed by atoms with van der Waals surface area (Å²) in [5, 5.41) is 10.1. The topological polar surface area (TPSA) is 72.2 Å². The first-order valence-corrected chi connectivity index (χ1v) is 10.1. The molecule has 0 unspecified atom stereocenters. The number of carbonyl (C=O) groups excluding carboxylic acids is 1. The number of aromatic nitrogens is 1. The fourth-order valence-corrected chi connectivity index (χ4v) is 3.72. The Morgan fingerprint density at radius 2 is 2.19 bits per heavy atom. The van der Waals surface area contributed by atoms with Crippen LogP contribution in [-0.4, -0.2) is 24.3 Å². The van der Waals surface area contributed by atoms with Crippen molar-refractivity contribution in [1.29, 1.82) is 5.26 Å². The zero-order valence-corrected chi connectivity index (χ0v) is 16.8. The maximum Gasteiger partial charge on any atom is 0.339 e. The Morgan fingerprint density at radius 3 is 2.77 bits per heavy atom. The first-order chi connectivity index (χ1) is 12.6. The second-order valence-corrected chi connectivity index (χ2v) is 7.56. The Balaban J connectivity index is 1.82. The predicted molar refractivity (Wildman–Crippen MR) is 103 cm³/mol. The third kappa shape index (κ3) is 4.02. The molecule has 1 aromatic heterocycles. The van der Waals surface area contributed by atoms with Crippen LogP contribution in [0.4, 0.5) is 0 Å². The van der Waals surface area contributed by atoms with Gasteiger partial charge in [-0.15, -0.1) is 11.8 Å². The van der Waals surface area contributed by atoms with Gasteiger partial charge in [0.15, 0.2) is 0 Å². The van der Waals surface area contributed by atoms with Gasteiger partial charge in [0, 0.05) is 11.6 Å². The molecular weight excluding hydrogens is 416 g/mol. The highest BCUT2D eigenvalue weighted by atomic mass is 79.9. The van der Waals surface area contributed by atoms with Crippen molar-refractivity contribution in [3.05, 3.63) is 51.1 Å². The molecule has 0 saturated heterocycles. The molecule has 2 aromatic rings. The van der Waals surface area contributed by atoms with Crippen molar-refractivity contribution in [3.63, 3.8) is 0 Å². The number of hydrogen-bond donors (Lipinski definition) is 0. The lowest BCUT2D eigenvalue weighted by atomic mass is 10.1. The molecule has 26 heavy (non-hydrogen) atoms. The summed E-state index contributed by atoms with van der Waals surface area (Å²) in [7, 11) is 1.59. The number of nitriles is 1. The van der Waals surface area contributed by atoms with Gasteiger partial charge in [0.2, 0.25) is 0 Å². The van der Waals surface area contributed by atoms with Crippen LogP contribution in [0, 0.1) is 11.3 Å². The highest BCUT2D eigenvalue weighted by Gasteiger charge is 2.29. The number of nitrogens with zero attached hydrogens (tertiary/aromatic N) is 2. The molecule has 1 aliphatic carbocycles. The third-order valence-electron chi connectivity index (χ3n) is 4.11. The Morgan fingerprint density at radius 1 is 1.42 bits per heavy atom. The standard InChI is InChI=1S/C19H17BrN2O3S/c1-24-17-6-3-11(7-15(17)20)10-25-19(23)13-8-16(12-4-5-12)22-18(26-2)14(13)9-21/h3,6-8,12H,4-5,10H2,1-2H3. The molecule has 1 aliphatic rings. The van der Waals surface area contributed by atoms with Crippen molar-refractivity contribution in [2.75, 3.05) is 13.4 Å². The van der Waals surface area contributed by atoms with E-state index in [0.717, 1.165) is 28.6 Å². The van der Waals surface area contributed by atoms with E-state index in [4.69, 9.17) is 9.47 Å². The minimum Gasteiger partial charge on any atom is -0.496 e. The Bertz CT molecular complexity index is 891. The van der Waals surface area contributed by atoms with E-state index < -0.39 is 5.97 Å². The molecule has 1 fully saturated rings. The Hall–Kier alpha value is -2.04. The zero-order valence-electron chi connectivity index (χ0n) is 14.4. The summed E-state index contributed by atoms with van der Waals surface area (Å²) in [6.07, 6.45) is 3.99. The van der Waals surface area contributed by atoms with Gasteiger partial charge in [0.25, 0.3) is 0 Å². The van der Waals surface area contributed by atoms with E-state index >= 15 is 0 Å². The van der Waals surface area contributed by atoms with Crippen molar-refractivity contribution in [3.8, 4) is 11.8 Å². The molecule has 1 aromatic carbocycles. The average molecular weight is 433 g/mol. The molecule has 0 spiro atoms. The van der Waals surface area contributed by atoms with Gasteiger partial charge in [-0.2, -0.15) is 5.26 Å². The van der Waals surface area contributed by atoms with Gasteiger partial charge >= 0.3 is 5.97 Å². The molecule has 7 heteroatoms. The predicted octanol–water partition coefficient (Wildman–Crippen LogP) is 4.68. The van der Waals surface area contributed by atoms with Crippen molar-refractivity contribution in [2.24, 2.45) is 0 Å². The van der Waals surface area contributed by atoms with Crippen molar-refractivity contribution in [2.45, 2.75) is 30.4 Å². The van der Waals surface area contributed by atoms with E-state index in [1.165, 1.54) is 11.8 Å². The molecule has 0 amide bonds. The first kappa shape index (κ1) is 18.7. The maximum atomic E-state index is 12.6. The lowest BCUT2D eigenvalue weighted by Crippen LogP contribution is -2.10. The molecule has 1 saturated carbocycles. The summed E-state index contributed by atoms with van der Waals surface area (Å²) in [6, 6.07) is 9.28. The fraction of sp³-hybridized carbons (Fsp3) is 0.316. The second-order valence-electron chi connectivity index (χ2n) is 5.91. The van der Waals surface area contributed by atoms with Crippen LogP contribution in [0.1, 0.15) is 45.9 Å². The van der Waals surface area contributed by atoms with E-state index in [9.17, 15) is 10.1 Å². The Labute approximate surface area is 164 Å². The molecule has 3 rings (SSSR count). The molecule has 0 bridgehead atoms. The summed E-state index contributed by atoms with van der Waals surface area (Å²) in [4.78, 5) is 17.2. The van der Waals surface area contributed by atoms with Crippen molar-refractivity contribution in [1.82, 2.24) is 4.98 Å². The Kier molecular flexibility index (Phi) is 5.84. The smallest absolute Gasteiger partial charge is 0.339 e. The van der Waals surface area contributed by atoms with E-state index in [1.54, 1.807) is 19.2 Å². The van der Waals surface area contributed by atoms with Crippen LogP contribution < -0.4 is 4.74 Å². The number of esters is 1. The number of thioether (sulfide) groups is 1. The maximum absolute atomic E-state index is 12.6. The molecule has 0 atom stereocenters. The number of carbonyl (C=O) groups is 1. The number of rotatable bonds is 6. The van der Waals surface area contributed by atoms with Crippen LogP contribution in [0.25, 0.3) is 0 Å². The van der Waals surface area contributed by atoms with Gasteiger partial charge in [-0.3, -0.25) is 0 Å². The van der Waals surface area contributed by atoms with E-state index in [2.05, 4.69) is 27.0 Å². The molecule has 1 heterocycles. The normalized spacial score (nSPS) is 13.2. The lowest BCUT2D eigenvalue weighted by Gasteiger charge is -2.11. The van der Waals surface area contributed by atoms with Gasteiger partial charge in [0.1, 0.15) is 23.5 Å². The monoisotopic (exact) mass is 432 g/mol.